The molecule has 0 aliphatic carbocycles. The number of carbonyl (C=O) groups excluding carboxylic acids is 1. The third-order valence-corrected chi connectivity index (χ3v) is 5.14. The van der Waals surface area contributed by atoms with Crippen molar-refractivity contribution in [1.29, 1.82) is 0 Å². The van der Waals surface area contributed by atoms with Crippen molar-refractivity contribution >= 4 is 11.7 Å². The van der Waals surface area contributed by atoms with E-state index in [4.69, 9.17) is 0 Å². The summed E-state index contributed by atoms with van der Waals surface area (Å²) in [6.07, 6.45) is 4.31. The van der Waals surface area contributed by atoms with Gasteiger partial charge in [-0.2, -0.15) is 20.5 Å². The first-order valence-corrected chi connectivity index (χ1v) is 9.83. The summed E-state index contributed by atoms with van der Waals surface area (Å²) in [5, 5.41) is 17.3. The molecular formula is C20H22FN7O2. The molecule has 2 N–H and O–H groups in total. The molecule has 4 rings (SSSR count). The summed E-state index contributed by atoms with van der Waals surface area (Å²) in [5.41, 5.74) is 0.645. The predicted octanol–water partition coefficient (Wildman–Crippen LogP) is 1.34. The second-order valence-electron chi connectivity index (χ2n) is 7.23. The van der Waals surface area contributed by atoms with Crippen LogP contribution in [-0.2, 0) is 6.54 Å². The van der Waals surface area contributed by atoms with E-state index in [1.807, 2.05) is 0 Å². The number of hydrogen-bond acceptors (Lipinski definition) is 6. The van der Waals surface area contributed by atoms with E-state index < -0.39 is 0 Å². The first-order valence-electron chi connectivity index (χ1n) is 9.83. The molecule has 0 spiro atoms. The third-order valence-electron chi connectivity index (χ3n) is 5.14. The fraction of sp³-hybridized carbons (Fsp3) is 0.350. The topological polar surface area (TPSA) is 109 Å². The zero-order valence-electron chi connectivity index (χ0n) is 16.3. The molecule has 1 aromatic carbocycles. The summed E-state index contributed by atoms with van der Waals surface area (Å²) in [5.74, 6) is 0.0142. The average molecular weight is 411 g/mol. The molecule has 3 aromatic rings. The Morgan fingerprint density at radius 3 is 2.97 bits per heavy atom. The Kier molecular flexibility index (Phi) is 5.82. The van der Waals surface area contributed by atoms with Crippen LogP contribution in [0.1, 0.15) is 35.3 Å². The highest BCUT2D eigenvalue weighted by atomic mass is 19.1. The van der Waals surface area contributed by atoms with Crippen LogP contribution in [0, 0.1) is 5.82 Å². The number of benzene rings is 1. The number of piperidine rings is 1. The van der Waals surface area contributed by atoms with E-state index >= 15 is 0 Å². The largest absolute Gasteiger partial charge is 0.350 e. The number of H-pyrrole nitrogens is 1. The summed E-state index contributed by atoms with van der Waals surface area (Å²) in [6.45, 7) is 1.39. The molecule has 3 heterocycles. The van der Waals surface area contributed by atoms with Gasteiger partial charge < -0.3 is 10.2 Å². The molecule has 0 radical (unpaired) electrons. The number of aromatic nitrogens is 5. The van der Waals surface area contributed by atoms with Crippen LogP contribution in [0.3, 0.4) is 0 Å². The molecule has 1 saturated heterocycles. The van der Waals surface area contributed by atoms with Gasteiger partial charge >= 0.3 is 0 Å². The predicted molar refractivity (Wildman–Crippen MR) is 108 cm³/mol. The van der Waals surface area contributed by atoms with Gasteiger partial charge in [-0.3, -0.25) is 9.59 Å². The summed E-state index contributed by atoms with van der Waals surface area (Å²) in [7, 11) is 0. The monoisotopic (exact) mass is 411 g/mol. The molecule has 1 amide bonds. The highest BCUT2D eigenvalue weighted by Gasteiger charge is 2.25. The van der Waals surface area contributed by atoms with Crippen LogP contribution in [0.15, 0.2) is 47.4 Å². The van der Waals surface area contributed by atoms with E-state index in [0.717, 1.165) is 25.8 Å². The Balaban J connectivity index is 1.50. The van der Waals surface area contributed by atoms with Gasteiger partial charge in [0.25, 0.3) is 11.5 Å². The zero-order chi connectivity index (χ0) is 20.9. The Labute approximate surface area is 171 Å². The van der Waals surface area contributed by atoms with Crippen LogP contribution in [0.4, 0.5) is 10.2 Å². The number of anilines is 1. The molecule has 2 aromatic heterocycles. The van der Waals surface area contributed by atoms with Gasteiger partial charge in [-0.05, 0) is 43.0 Å². The van der Waals surface area contributed by atoms with Crippen LogP contribution >= 0.6 is 0 Å². The van der Waals surface area contributed by atoms with Crippen LogP contribution in [0.25, 0.3) is 0 Å². The SMILES string of the molecule is O=C(NCC1CCCCN1c1ccc(=O)n(Cc2cccc(F)c2)n1)c1cn[nH]n1. The smallest absolute Gasteiger partial charge is 0.273 e. The lowest BCUT2D eigenvalue weighted by Gasteiger charge is -2.36. The van der Waals surface area contributed by atoms with E-state index in [9.17, 15) is 14.0 Å². The Morgan fingerprint density at radius 1 is 1.27 bits per heavy atom. The van der Waals surface area contributed by atoms with E-state index in [0.29, 0.717) is 17.9 Å². The molecule has 1 unspecified atom stereocenters. The van der Waals surface area contributed by atoms with Gasteiger partial charge in [0.05, 0.1) is 12.7 Å². The first-order chi connectivity index (χ1) is 14.6. The van der Waals surface area contributed by atoms with Crippen molar-refractivity contribution in [2.24, 2.45) is 0 Å². The maximum atomic E-state index is 13.5. The fourth-order valence-corrected chi connectivity index (χ4v) is 3.64. The highest BCUT2D eigenvalue weighted by Crippen LogP contribution is 2.22. The van der Waals surface area contributed by atoms with Crippen molar-refractivity contribution < 1.29 is 9.18 Å². The van der Waals surface area contributed by atoms with Gasteiger partial charge in [0, 0.05) is 25.2 Å². The normalized spacial score (nSPS) is 16.4. The average Bonchev–Trinajstić information content (AvgIpc) is 3.29. The van der Waals surface area contributed by atoms with Gasteiger partial charge in [-0.1, -0.05) is 12.1 Å². The first kappa shape index (κ1) is 19.7. The molecule has 10 heteroatoms. The lowest BCUT2D eigenvalue weighted by molar-refractivity contribution is 0.0944. The molecule has 156 valence electrons. The number of carbonyl (C=O) groups is 1. The molecule has 30 heavy (non-hydrogen) atoms. The highest BCUT2D eigenvalue weighted by molar-refractivity contribution is 5.91. The number of nitrogens with one attached hydrogen (secondary N) is 2. The molecule has 1 aliphatic rings. The second kappa shape index (κ2) is 8.85. The van der Waals surface area contributed by atoms with Crippen LogP contribution in [0.5, 0.6) is 0 Å². The van der Waals surface area contributed by atoms with Crippen molar-refractivity contribution in [3.05, 3.63) is 70.0 Å². The van der Waals surface area contributed by atoms with Gasteiger partial charge in [-0.25, -0.2) is 9.07 Å². The quantitative estimate of drug-likeness (QED) is 0.634. The van der Waals surface area contributed by atoms with Gasteiger partial charge in [0.1, 0.15) is 11.6 Å². The number of aromatic amines is 1. The number of nitrogens with zero attached hydrogens (tertiary/aromatic N) is 5. The number of hydrogen-bond donors (Lipinski definition) is 2. The number of rotatable bonds is 6. The maximum absolute atomic E-state index is 13.5. The van der Waals surface area contributed by atoms with E-state index in [2.05, 4.69) is 30.7 Å². The second-order valence-corrected chi connectivity index (χ2v) is 7.23. The van der Waals surface area contributed by atoms with Gasteiger partial charge in [-0.15, -0.1) is 0 Å². The summed E-state index contributed by atoms with van der Waals surface area (Å²) < 4.78 is 14.8. The van der Waals surface area contributed by atoms with Crippen molar-refractivity contribution in [2.75, 3.05) is 18.0 Å². The summed E-state index contributed by atoms with van der Waals surface area (Å²) in [4.78, 5) is 26.6. The van der Waals surface area contributed by atoms with Crippen molar-refractivity contribution in [3.63, 3.8) is 0 Å². The Hall–Kier alpha value is -3.56. The van der Waals surface area contributed by atoms with Crippen LogP contribution < -0.4 is 15.8 Å². The van der Waals surface area contributed by atoms with Gasteiger partial charge in [0.15, 0.2) is 5.69 Å². The minimum absolute atomic E-state index is 0.0437. The van der Waals surface area contributed by atoms with E-state index in [-0.39, 0.29) is 35.6 Å². The van der Waals surface area contributed by atoms with Crippen molar-refractivity contribution in [1.82, 2.24) is 30.5 Å². The molecule has 9 nitrogen and oxygen atoms in total. The summed E-state index contributed by atoms with van der Waals surface area (Å²) in [6, 6.07) is 9.34. The van der Waals surface area contributed by atoms with E-state index in [1.165, 1.54) is 29.1 Å². The molecule has 1 aliphatic heterocycles. The molecule has 0 saturated carbocycles. The standard InChI is InChI=1S/C20H22FN7O2/c21-15-5-3-4-14(10-15)13-28-19(29)8-7-18(25-28)27-9-2-1-6-16(27)11-22-20(30)17-12-23-26-24-17/h3-5,7-8,10,12,16H,1-2,6,9,11,13H2,(H,22,30)(H,23,24,26). The fourth-order valence-electron chi connectivity index (χ4n) is 3.64. The zero-order valence-corrected chi connectivity index (χ0v) is 16.3. The third kappa shape index (κ3) is 4.53. The molecular weight excluding hydrogens is 389 g/mol. The number of halogens is 1. The molecule has 0 bridgehead atoms. The maximum Gasteiger partial charge on any atom is 0.273 e. The lowest BCUT2D eigenvalue weighted by atomic mass is 10.0. The van der Waals surface area contributed by atoms with Gasteiger partial charge in [0.2, 0.25) is 0 Å². The molecule has 1 atom stereocenters. The number of amides is 1. The molecule has 1 fully saturated rings. The van der Waals surface area contributed by atoms with E-state index in [1.54, 1.807) is 18.2 Å². The van der Waals surface area contributed by atoms with Crippen molar-refractivity contribution in [3.8, 4) is 0 Å². The minimum Gasteiger partial charge on any atom is -0.350 e. The van der Waals surface area contributed by atoms with Crippen LogP contribution in [0.2, 0.25) is 0 Å². The lowest BCUT2D eigenvalue weighted by Crippen LogP contribution is -2.47. The Bertz CT molecular complexity index is 1070. The Morgan fingerprint density at radius 2 is 2.17 bits per heavy atom. The summed E-state index contributed by atoms with van der Waals surface area (Å²) >= 11 is 0. The van der Waals surface area contributed by atoms with Crippen molar-refractivity contribution in [2.45, 2.75) is 31.8 Å². The van der Waals surface area contributed by atoms with Crippen LogP contribution in [-0.4, -0.2) is 50.2 Å². The minimum atomic E-state index is -0.351.